The average molecular weight is 316 g/mol. The number of amides is 2. The van der Waals surface area contributed by atoms with E-state index in [1.807, 2.05) is 5.32 Å². The maximum atomic E-state index is 13.3. The molecule has 0 bridgehead atoms. The minimum Gasteiger partial charge on any atom is -0.308 e. The van der Waals surface area contributed by atoms with E-state index in [0.29, 0.717) is 6.07 Å². The number of alkyl halides is 3. The van der Waals surface area contributed by atoms with E-state index >= 15 is 0 Å². The van der Waals surface area contributed by atoms with Gasteiger partial charge in [0.2, 0.25) is 0 Å². The molecule has 3 nitrogen and oxygen atoms in total. The molecule has 0 atom stereocenters. The molecule has 0 spiro atoms. The molecule has 0 fully saturated rings. The summed E-state index contributed by atoms with van der Waals surface area (Å²) in [5.41, 5.74) is -1.81. The van der Waals surface area contributed by atoms with Crippen molar-refractivity contribution in [3.63, 3.8) is 0 Å². The number of carbonyl (C=O) groups is 1. The van der Waals surface area contributed by atoms with Crippen molar-refractivity contribution in [3.8, 4) is 0 Å². The fraction of sp³-hybridized carbons (Fsp3) is 0.0714. The van der Waals surface area contributed by atoms with Crippen LogP contribution in [0.5, 0.6) is 0 Å². The minimum atomic E-state index is -4.56. The van der Waals surface area contributed by atoms with Gasteiger partial charge in [-0.3, -0.25) is 0 Å². The van der Waals surface area contributed by atoms with Gasteiger partial charge in [-0.05, 0) is 30.3 Å². The summed E-state index contributed by atoms with van der Waals surface area (Å²) in [7, 11) is 0. The summed E-state index contributed by atoms with van der Waals surface area (Å²) in [6.45, 7) is 0. The molecule has 22 heavy (non-hydrogen) atoms. The Morgan fingerprint density at radius 3 is 2.09 bits per heavy atom. The Morgan fingerprint density at radius 2 is 1.50 bits per heavy atom. The zero-order valence-corrected chi connectivity index (χ0v) is 10.8. The van der Waals surface area contributed by atoms with Crippen LogP contribution in [0, 0.1) is 11.6 Å². The van der Waals surface area contributed by atoms with Crippen LogP contribution in [0.2, 0.25) is 0 Å². The molecular weight excluding hydrogens is 307 g/mol. The van der Waals surface area contributed by atoms with Gasteiger partial charge in [-0.25, -0.2) is 13.6 Å². The number of halogens is 5. The van der Waals surface area contributed by atoms with Gasteiger partial charge in [-0.15, -0.1) is 0 Å². The van der Waals surface area contributed by atoms with E-state index in [1.165, 1.54) is 6.07 Å². The molecule has 2 N–H and O–H groups in total. The summed E-state index contributed by atoms with van der Waals surface area (Å²) in [5, 5.41) is 3.98. The van der Waals surface area contributed by atoms with Crippen molar-refractivity contribution in [2.24, 2.45) is 0 Å². The normalized spacial score (nSPS) is 11.1. The Balaban J connectivity index is 2.13. The molecule has 0 saturated heterocycles. The summed E-state index contributed by atoms with van der Waals surface area (Å²) in [6.07, 6.45) is -4.56. The SMILES string of the molecule is O=C(Nc1cccc(C(F)(F)F)c1)Nc1c(F)cccc1F. The Kier molecular flexibility index (Phi) is 4.30. The smallest absolute Gasteiger partial charge is 0.308 e. The number of urea groups is 1. The van der Waals surface area contributed by atoms with Gasteiger partial charge in [-0.1, -0.05) is 12.1 Å². The van der Waals surface area contributed by atoms with Crippen molar-refractivity contribution in [2.45, 2.75) is 6.18 Å². The van der Waals surface area contributed by atoms with Crippen molar-refractivity contribution in [3.05, 3.63) is 59.7 Å². The summed E-state index contributed by atoms with van der Waals surface area (Å²) >= 11 is 0. The molecule has 0 aliphatic carbocycles. The minimum absolute atomic E-state index is 0.163. The topological polar surface area (TPSA) is 41.1 Å². The molecule has 2 aromatic carbocycles. The van der Waals surface area contributed by atoms with Crippen LogP contribution in [-0.2, 0) is 6.18 Å². The van der Waals surface area contributed by atoms with Crippen molar-refractivity contribution in [2.75, 3.05) is 10.6 Å². The molecule has 0 unspecified atom stereocenters. The first-order valence-electron chi connectivity index (χ1n) is 5.96. The standard InChI is InChI=1S/C14H9F5N2O/c15-10-5-2-6-11(16)12(10)21-13(22)20-9-4-1-3-8(7-9)14(17,18)19/h1-7H,(H2,20,21,22). The maximum absolute atomic E-state index is 13.3. The lowest BCUT2D eigenvalue weighted by molar-refractivity contribution is -0.137. The fourth-order valence-electron chi connectivity index (χ4n) is 1.67. The third kappa shape index (κ3) is 3.72. The number of hydrogen-bond acceptors (Lipinski definition) is 1. The molecule has 116 valence electrons. The lowest BCUT2D eigenvalue weighted by atomic mass is 10.2. The second-order valence-corrected chi connectivity index (χ2v) is 4.25. The van der Waals surface area contributed by atoms with Gasteiger partial charge in [0.05, 0.1) is 5.56 Å². The molecule has 8 heteroatoms. The molecule has 2 aromatic rings. The van der Waals surface area contributed by atoms with Crippen LogP contribution in [0.15, 0.2) is 42.5 Å². The quantitative estimate of drug-likeness (QED) is 0.779. The van der Waals surface area contributed by atoms with Gasteiger partial charge in [0.25, 0.3) is 0 Å². The summed E-state index contributed by atoms with van der Waals surface area (Å²) in [4.78, 5) is 11.6. The van der Waals surface area contributed by atoms with Crippen LogP contribution >= 0.6 is 0 Å². The zero-order valence-electron chi connectivity index (χ0n) is 10.8. The van der Waals surface area contributed by atoms with E-state index < -0.39 is 35.1 Å². The molecule has 2 amide bonds. The second kappa shape index (κ2) is 6.00. The van der Waals surface area contributed by atoms with Gasteiger partial charge in [0.1, 0.15) is 17.3 Å². The molecular formula is C14H9F5N2O. The van der Waals surface area contributed by atoms with Crippen molar-refractivity contribution in [1.29, 1.82) is 0 Å². The Bertz CT molecular complexity index is 680. The third-order valence-corrected chi connectivity index (χ3v) is 2.65. The van der Waals surface area contributed by atoms with Crippen LogP contribution in [0.4, 0.5) is 38.1 Å². The molecule has 0 aliphatic heterocycles. The summed E-state index contributed by atoms with van der Waals surface area (Å²) < 4.78 is 64.3. The number of carbonyl (C=O) groups excluding carboxylic acids is 1. The predicted octanol–water partition coefficient (Wildman–Crippen LogP) is 4.63. The first-order valence-corrected chi connectivity index (χ1v) is 5.96. The van der Waals surface area contributed by atoms with Gasteiger partial charge in [-0.2, -0.15) is 13.2 Å². The molecule has 0 radical (unpaired) electrons. The Hall–Kier alpha value is -2.64. The maximum Gasteiger partial charge on any atom is 0.416 e. The molecule has 2 rings (SSSR count). The summed E-state index contributed by atoms with van der Waals surface area (Å²) in [6, 6.07) is 5.77. The van der Waals surface area contributed by atoms with E-state index in [2.05, 4.69) is 5.32 Å². The predicted molar refractivity (Wildman–Crippen MR) is 70.4 cm³/mol. The highest BCUT2D eigenvalue weighted by Gasteiger charge is 2.30. The number of hydrogen-bond donors (Lipinski definition) is 2. The molecule has 0 heterocycles. The van der Waals surface area contributed by atoms with Crippen LogP contribution in [0.25, 0.3) is 0 Å². The van der Waals surface area contributed by atoms with E-state index in [1.54, 1.807) is 0 Å². The highest BCUT2D eigenvalue weighted by Crippen LogP contribution is 2.30. The van der Waals surface area contributed by atoms with Gasteiger partial charge in [0, 0.05) is 5.69 Å². The number of para-hydroxylation sites is 1. The van der Waals surface area contributed by atoms with Gasteiger partial charge >= 0.3 is 12.2 Å². The fourth-order valence-corrected chi connectivity index (χ4v) is 1.67. The van der Waals surface area contributed by atoms with Crippen molar-refractivity contribution >= 4 is 17.4 Å². The summed E-state index contributed by atoms with van der Waals surface area (Å²) in [5.74, 6) is -2.00. The monoisotopic (exact) mass is 316 g/mol. The van der Waals surface area contributed by atoms with Gasteiger partial charge in [0.15, 0.2) is 0 Å². The number of nitrogens with one attached hydrogen (secondary N) is 2. The largest absolute Gasteiger partial charge is 0.416 e. The van der Waals surface area contributed by atoms with E-state index in [4.69, 9.17) is 0 Å². The number of anilines is 2. The van der Waals surface area contributed by atoms with Crippen molar-refractivity contribution in [1.82, 2.24) is 0 Å². The van der Waals surface area contributed by atoms with Gasteiger partial charge < -0.3 is 10.6 Å². The Labute approximate surface area is 121 Å². The van der Waals surface area contributed by atoms with E-state index in [9.17, 15) is 26.7 Å². The second-order valence-electron chi connectivity index (χ2n) is 4.25. The average Bonchev–Trinajstić information content (AvgIpc) is 2.42. The van der Waals surface area contributed by atoms with Crippen molar-refractivity contribution < 1.29 is 26.7 Å². The lowest BCUT2D eigenvalue weighted by Crippen LogP contribution is -2.21. The Morgan fingerprint density at radius 1 is 0.909 bits per heavy atom. The molecule has 0 aliphatic rings. The van der Waals surface area contributed by atoms with Crippen LogP contribution in [0.3, 0.4) is 0 Å². The number of benzene rings is 2. The van der Waals surface area contributed by atoms with Crippen LogP contribution in [0.1, 0.15) is 5.56 Å². The molecule has 0 saturated carbocycles. The first kappa shape index (κ1) is 15.7. The first-order chi connectivity index (χ1) is 10.3. The van der Waals surface area contributed by atoms with E-state index in [0.717, 1.165) is 30.3 Å². The lowest BCUT2D eigenvalue weighted by Gasteiger charge is -2.11. The zero-order chi connectivity index (χ0) is 16.3. The van der Waals surface area contributed by atoms with E-state index in [-0.39, 0.29) is 5.69 Å². The third-order valence-electron chi connectivity index (χ3n) is 2.65. The molecule has 0 aromatic heterocycles. The highest BCUT2D eigenvalue weighted by molar-refractivity contribution is 5.99. The van der Waals surface area contributed by atoms with Crippen LogP contribution < -0.4 is 10.6 Å². The van der Waals surface area contributed by atoms with Crippen LogP contribution in [-0.4, -0.2) is 6.03 Å². The highest BCUT2D eigenvalue weighted by atomic mass is 19.4. The number of rotatable bonds is 2.